The van der Waals surface area contributed by atoms with Gasteiger partial charge < -0.3 is 5.32 Å². The lowest BCUT2D eigenvalue weighted by molar-refractivity contribution is 0.488. The minimum atomic E-state index is -0.862. The highest BCUT2D eigenvalue weighted by atomic mass is 79.9. The van der Waals surface area contributed by atoms with Gasteiger partial charge in [0.15, 0.2) is 0 Å². The molecule has 0 aliphatic rings. The van der Waals surface area contributed by atoms with Crippen LogP contribution >= 0.6 is 15.9 Å². The van der Waals surface area contributed by atoms with Gasteiger partial charge in [0.1, 0.15) is 17.5 Å². The van der Waals surface area contributed by atoms with Crippen LogP contribution in [0.1, 0.15) is 30.5 Å². The van der Waals surface area contributed by atoms with Crippen molar-refractivity contribution in [3.05, 3.63) is 69.4 Å². The first-order chi connectivity index (χ1) is 10.0. The minimum absolute atomic E-state index is 0.160. The van der Waals surface area contributed by atoms with Crippen molar-refractivity contribution >= 4 is 15.9 Å². The Labute approximate surface area is 130 Å². The molecule has 1 nitrogen and oxygen atoms in total. The van der Waals surface area contributed by atoms with Crippen LogP contribution in [-0.4, -0.2) is 6.54 Å². The van der Waals surface area contributed by atoms with Crippen LogP contribution < -0.4 is 5.32 Å². The maximum absolute atomic E-state index is 14.2. The van der Waals surface area contributed by atoms with Gasteiger partial charge in [-0.05, 0) is 37.2 Å². The summed E-state index contributed by atoms with van der Waals surface area (Å²) >= 11 is 3.17. The summed E-state index contributed by atoms with van der Waals surface area (Å²) in [6.07, 6.45) is 0.769. The summed E-state index contributed by atoms with van der Waals surface area (Å²) in [5.41, 5.74) is 0.0582. The molecule has 0 aliphatic carbocycles. The third-order valence-corrected chi connectivity index (χ3v) is 3.65. The number of nitrogens with one attached hydrogen (secondary N) is 1. The summed E-state index contributed by atoms with van der Waals surface area (Å²) < 4.78 is 42.8. The molecule has 2 aromatic carbocycles. The van der Waals surface area contributed by atoms with Crippen molar-refractivity contribution in [1.29, 1.82) is 0 Å². The third-order valence-electron chi connectivity index (χ3n) is 3.16. The second-order valence-electron chi connectivity index (χ2n) is 4.69. The second-order valence-corrected chi connectivity index (χ2v) is 5.60. The van der Waals surface area contributed by atoms with Crippen LogP contribution in [0.5, 0.6) is 0 Å². The molecule has 0 spiro atoms. The Kier molecular flexibility index (Phi) is 5.42. The SMILES string of the molecule is CCCNC(c1ccc(Br)cc1F)c1c(F)cccc1F. The lowest BCUT2D eigenvalue weighted by Crippen LogP contribution is -2.26. The topological polar surface area (TPSA) is 12.0 Å². The van der Waals surface area contributed by atoms with Crippen LogP contribution in [0.15, 0.2) is 40.9 Å². The highest BCUT2D eigenvalue weighted by molar-refractivity contribution is 9.10. The molecule has 0 radical (unpaired) electrons. The molecule has 1 N–H and O–H groups in total. The molecule has 0 amide bonds. The Hall–Kier alpha value is -1.33. The zero-order valence-electron chi connectivity index (χ0n) is 11.5. The smallest absolute Gasteiger partial charge is 0.131 e. The summed E-state index contributed by atoms with van der Waals surface area (Å²) in [6.45, 7) is 2.45. The molecular formula is C16H15BrF3N. The lowest BCUT2D eigenvalue weighted by Gasteiger charge is -2.21. The Bertz CT molecular complexity index is 611. The van der Waals surface area contributed by atoms with Gasteiger partial charge in [0.2, 0.25) is 0 Å². The molecule has 0 saturated carbocycles. The van der Waals surface area contributed by atoms with E-state index in [4.69, 9.17) is 0 Å². The van der Waals surface area contributed by atoms with Gasteiger partial charge in [-0.15, -0.1) is 0 Å². The van der Waals surface area contributed by atoms with Gasteiger partial charge >= 0.3 is 0 Å². The quantitative estimate of drug-likeness (QED) is 0.797. The molecule has 0 heterocycles. The van der Waals surface area contributed by atoms with E-state index in [0.717, 1.165) is 6.42 Å². The van der Waals surface area contributed by atoms with E-state index in [1.54, 1.807) is 6.07 Å². The summed E-state index contributed by atoms with van der Waals surface area (Å²) in [4.78, 5) is 0. The number of hydrogen-bond acceptors (Lipinski definition) is 1. The highest BCUT2D eigenvalue weighted by Gasteiger charge is 2.23. The van der Waals surface area contributed by atoms with Crippen molar-refractivity contribution in [2.45, 2.75) is 19.4 Å². The standard InChI is InChI=1S/C16H15BrF3N/c1-2-8-21-16(11-7-6-10(17)9-14(11)20)15-12(18)4-3-5-13(15)19/h3-7,9,16,21H,2,8H2,1H3. The van der Waals surface area contributed by atoms with E-state index in [1.165, 1.54) is 30.3 Å². The van der Waals surface area contributed by atoms with Gasteiger partial charge in [-0.1, -0.05) is 35.0 Å². The Balaban J connectivity index is 2.52. The fourth-order valence-electron chi connectivity index (χ4n) is 2.18. The molecular weight excluding hydrogens is 343 g/mol. The van der Waals surface area contributed by atoms with Crippen molar-refractivity contribution < 1.29 is 13.2 Å². The Morgan fingerprint density at radius 3 is 2.29 bits per heavy atom. The van der Waals surface area contributed by atoms with Gasteiger partial charge in [0.25, 0.3) is 0 Å². The van der Waals surface area contributed by atoms with Crippen LogP contribution in [0.3, 0.4) is 0 Å². The van der Waals surface area contributed by atoms with Gasteiger partial charge in [-0.2, -0.15) is 0 Å². The van der Waals surface area contributed by atoms with E-state index in [-0.39, 0.29) is 11.1 Å². The fourth-order valence-corrected chi connectivity index (χ4v) is 2.51. The van der Waals surface area contributed by atoms with Crippen molar-refractivity contribution in [1.82, 2.24) is 5.32 Å². The molecule has 2 aromatic rings. The Morgan fingerprint density at radius 2 is 1.71 bits per heavy atom. The van der Waals surface area contributed by atoms with Crippen molar-refractivity contribution in [3.63, 3.8) is 0 Å². The number of benzene rings is 2. The molecule has 21 heavy (non-hydrogen) atoms. The van der Waals surface area contributed by atoms with E-state index >= 15 is 0 Å². The third kappa shape index (κ3) is 3.66. The van der Waals surface area contributed by atoms with Crippen LogP contribution in [0, 0.1) is 17.5 Å². The first kappa shape index (κ1) is 16.0. The number of halogens is 4. The summed E-state index contributed by atoms with van der Waals surface area (Å²) in [6, 6.07) is 7.25. The molecule has 0 saturated heterocycles. The molecule has 1 unspecified atom stereocenters. The van der Waals surface area contributed by atoms with E-state index < -0.39 is 23.5 Å². The van der Waals surface area contributed by atoms with Crippen molar-refractivity contribution in [2.75, 3.05) is 6.54 Å². The molecule has 1 atom stereocenters. The number of hydrogen-bond donors (Lipinski definition) is 1. The predicted molar refractivity (Wildman–Crippen MR) is 80.6 cm³/mol. The summed E-state index contributed by atoms with van der Waals surface area (Å²) in [5.74, 6) is -1.89. The highest BCUT2D eigenvalue weighted by Crippen LogP contribution is 2.30. The summed E-state index contributed by atoms with van der Waals surface area (Å²) in [7, 11) is 0. The van der Waals surface area contributed by atoms with Crippen molar-refractivity contribution in [2.24, 2.45) is 0 Å². The maximum atomic E-state index is 14.2. The second kappa shape index (κ2) is 7.09. The largest absolute Gasteiger partial charge is 0.306 e. The minimum Gasteiger partial charge on any atom is -0.306 e. The normalized spacial score (nSPS) is 12.4. The lowest BCUT2D eigenvalue weighted by atomic mass is 9.97. The van der Waals surface area contributed by atoms with Gasteiger partial charge in [-0.25, -0.2) is 13.2 Å². The van der Waals surface area contributed by atoms with E-state index in [2.05, 4.69) is 21.2 Å². The van der Waals surface area contributed by atoms with E-state index in [0.29, 0.717) is 11.0 Å². The van der Waals surface area contributed by atoms with Gasteiger partial charge in [0, 0.05) is 15.6 Å². The molecule has 2 rings (SSSR count). The average Bonchev–Trinajstić information content (AvgIpc) is 2.43. The van der Waals surface area contributed by atoms with Crippen LogP contribution in [0.2, 0.25) is 0 Å². The fraction of sp³-hybridized carbons (Fsp3) is 0.250. The van der Waals surface area contributed by atoms with Gasteiger partial charge in [-0.3, -0.25) is 0 Å². The summed E-state index contributed by atoms with van der Waals surface area (Å²) in [5, 5.41) is 3.01. The van der Waals surface area contributed by atoms with Crippen LogP contribution in [0.4, 0.5) is 13.2 Å². The maximum Gasteiger partial charge on any atom is 0.131 e. The zero-order valence-corrected chi connectivity index (χ0v) is 13.1. The molecule has 112 valence electrons. The molecule has 0 aromatic heterocycles. The molecule has 0 bridgehead atoms. The van der Waals surface area contributed by atoms with E-state index in [9.17, 15) is 13.2 Å². The first-order valence-electron chi connectivity index (χ1n) is 6.66. The van der Waals surface area contributed by atoms with Crippen LogP contribution in [0.25, 0.3) is 0 Å². The number of rotatable bonds is 5. The zero-order chi connectivity index (χ0) is 15.4. The Morgan fingerprint density at radius 1 is 1.05 bits per heavy atom. The van der Waals surface area contributed by atoms with E-state index in [1.807, 2.05) is 6.92 Å². The molecule has 0 fully saturated rings. The van der Waals surface area contributed by atoms with Crippen LogP contribution in [-0.2, 0) is 0 Å². The van der Waals surface area contributed by atoms with Crippen molar-refractivity contribution in [3.8, 4) is 0 Å². The first-order valence-corrected chi connectivity index (χ1v) is 7.46. The van der Waals surface area contributed by atoms with Gasteiger partial charge in [0.05, 0.1) is 6.04 Å². The molecule has 0 aliphatic heterocycles. The monoisotopic (exact) mass is 357 g/mol. The predicted octanol–water partition coefficient (Wildman–Crippen LogP) is 4.96. The molecule has 5 heteroatoms. The average molecular weight is 358 g/mol.